The van der Waals surface area contributed by atoms with E-state index in [1.54, 1.807) is 12.3 Å². The van der Waals surface area contributed by atoms with Crippen LogP contribution >= 0.6 is 0 Å². The van der Waals surface area contributed by atoms with Crippen molar-refractivity contribution >= 4 is 5.82 Å². The Bertz CT molecular complexity index is 682. The predicted molar refractivity (Wildman–Crippen MR) is 76.5 cm³/mol. The van der Waals surface area contributed by atoms with Crippen molar-refractivity contribution in [2.24, 2.45) is 0 Å². The highest BCUT2D eigenvalue weighted by molar-refractivity contribution is 5.44. The van der Waals surface area contributed by atoms with Gasteiger partial charge < -0.3 is 4.90 Å². The summed E-state index contributed by atoms with van der Waals surface area (Å²) in [7, 11) is 0. The van der Waals surface area contributed by atoms with E-state index in [0.717, 1.165) is 30.6 Å². The predicted octanol–water partition coefficient (Wildman–Crippen LogP) is 3.88. The van der Waals surface area contributed by atoms with E-state index in [4.69, 9.17) is 0 Å². The molecule has 0 N–H and O–H groups in total. The molecule has 0 radical (unpaired) electrons. The summed E-state index contributed by atoms with van der Waals surface area (Å²) in [4.78, 5) is 5.68. The lowest BCUT2D eigenvalue weighted by Gasteiger charge is -2.29. The van der Waals surface area contributed by atoms with Gasteiger partial charge in [0, 0.05) is 18.8 Å². The van der Waals surface area contributed by atoms with E-state index in [-0.39, 0.29) is 6.04 Å². The number of pyridine rings is 1. The van der Waals surface area contributed by atoms with E-state index >= 15 is 0 Å². The summed E-state index contributed by atoms with van der Waals surface area (Å²) in [6, 6.07) is 1.02. The Morgan fingerprint density at radius 2 is 2.09 bits per heavy atom. The van der Waals surface area contributed by atoms with Gasteiger partial charge in [0.25, 0.3) is 0 Å². The summed E-state index contributed by atoms with van der Waals surface area (Å²) in [5.74, 6) is -0.0619. The van der Waals surface area contributed by atoms with Crippen LogP contribution in [0.4, 0.5) is 23.4 Å². The maximum Gasteiger partial charge on any atom is 0.410 e. The Balaban J connectivity index is 1.94. The number of hydrogen-bond donors (Lipinski definition) is 0. The first-order valence-corrected chi connectivity index (χ1v) is 7.35. The third-order valence-electron chi connectivity index (χ3n) is 4.15. The summed E-state index contributed by atoms with van der Waals surface area (Å²) in [6.45, 7) is 1.67. The van der Waals surface area contributed by atoms with Gasteiger partial charge in [-0.1, -0.05) is 0 Å². The number of alkyl halides is 3. The minimum absolute atomic E-state index is 0.200. The van der Waals surface area contributed by atoms with Gasteiger partial charge in [-0.15, -0.1) is 0 Å². The van der Waals surface area contributed by atoms with Gasteiger partial charge in [-0.05, 0) is 31.4 Å². The van der Waals surface area contributed by atoms with Gasteiger partial charge in [0.1, 0.15) is 17.7 Å². The van der Waals surface area contributed by atoms with Gasteiger partial charge in [-0.25, -0.2) is 9.07 Å². The van der Waals surface area contributed by atoms with Crippen LogP contribution in [0.1, 0.15) is 37.4 Å². The zero-order valence-electron chi connectivity index (χ0n) is 12.5. The van der Waals surface area contributed by atoms with Crippen LogP contribution in [0.15, 0.2) is 30.7 Å². The van der Waals surface area contributed by atoms with E-state index in [2.05, 4.69) is 10.1 Å². The van der Waals surface area contributed by atoms with Crippen LogP contribution in [-0.4, -0.2) is 27.5 Å². The molecule has 0 spiro atoms. The molecule has 0 saturated carbocycles. The molecular formula is C15H16F4N4. The first-order chi connectivity index (χ1) is 10.9. The van der Waals surface area contributed by atoms with Crippen molar-refractivity contribution in [3.05, 3.63) is 42.1 Å². The topological polar surface area (TPSA) is 34.0 Å². The Hall–Kier alpha value is -2.12. The first kappa shape index (κ1) is 15.8. The van der Waals surface area contributed by atoms with Crippen LogP contribution in [0.5, 0.6) is 0 Å². The highest BCUT2D eigenvalue weighted by Crippen LogP contribution is 2.39. The standard InChI is InChI=1S/C15H16F4N4/c1-10(15(17,18)19)23-14(4-5-21-23)22-6-2-3-13(22)11-7-12(16)9-20-8-11/h4-5,7-10,13H,2-3,6H2,1H3/t10-,13+/m0/s1. The lowest BCUT2D eigenvalue weighted by atomic mass is 10.1. The molecule has 23 heavy (non-hydrogen) atoms. The van der Waals surface area contributed by atoms with E-state index in [9.17, 15) is 17.6 Å². The molecule has 2 aromatic heterocycles. The Labute approximate surface area is 130 Å². The minimum Gasteiger partial charge on any atom is -0.350 e. The number of rotatable bonds is 3. The molecule has 1 aliphatic heterocycles. The molecule has 3 heterocycles. The molecule has 2 aromatic rings. The normalized spacial score (nSPS) is 20.0. The van der Waals surface area contributed by atoms with Gasteiger partial charge in [-0.2, -0.15) is 18.3 Å². The molecule has 3 rings (SSSR count). The van der Waals surface area contributed by atoms with Gasteiger partial charge in [0.15, 0.2) is 0 Å². The van der Waals surface area contributed by atoms with Gasteiger partial charge in [0.2, 0.25) is 0 Å². The molecule has 1 fully saturated rings. The second-order valence-electron chi connectivity index (χ2n) is 5.64. The molecule has 0 amide bonds. The number of aromatic nitrogens is 3. The van der Waals surface area contributed by atoms with Gasteiger partial charge >= 0.3 is 6.18 Å². The third kappa shape index (κ3) is 3.02. The molecule has 0 unspecified atom stereocenters. The third-order valence-corrected chi connectivity index (χ3v) is 4.15. The molecule has 8 heteroatoms. The fourth-order valence-electron chi connectivity index (χ4n) is 2.97. The minimum atomic E-state index is -4.38. The molecule has 0 aliphatic carbocycles. The van der Waals surface area contributed by atoms with Crippen LogP contribution in [0.2, 0.25) is 0 Å². The summed E-state index contributed by atoms with van der Waals surface area (Å²) in [5, 5.41) is 3.84. The zero-order chi connectivity index (χ0) is 16.6. The monoisotopic (exact) mass is 328 g/mol. The Morgan fingerprint density at radius 3 is 2.78 bits per heavy atom. The van der Waals surface area contributed by atoms with Crippen molar-refractivity contribution < 1.29 is 17.6 Å². The van der Waals surface area contributed by atoms with Crippen molar-refractivity contribution in [1.29, 1.82) is 0 Å². The lowest BCUT2D eigenvalue weighted by Crippen LogP contribution is -2.31. The second kappa shape index (κ2) is 5.82. The fourth-order valence-corrected chi connectivity index (χ4v) is 2.97. The molecule has 0 aromatic carbocycles. The summed E-state index contributed by atoms with van der Waals surface area (Å²) in [6.07, 6.45) is 1.19. The quantitative estimate of drug-likeness (QED) is 0.802. The van der Waals surface area contributed by atoms with Crippen LogP contribution in [0.3, 0.4) is 0 Å². The summed E-state index contributed by atoms with van der Waals surface area (Å²) < 4.78 is 53.4. The highest BCUT2D eigenvalue weighted by atomic mass is 19.4. The van der Waals surface area contributed by atoms with Crippen molar-refractivity contribution in [3.63, 3.8) is 0 Å². The van der Waals surface area contributed by atoms with Crippen molar-refractivity contribution in [2.45, 2.75) is 38.0 Å². The average Bonchev–Trinajstić information content (AvgIpc) is 3.14. The van der Waals surface area contributed by atoms with Crippen molar-refractivity contribution in [1.82, 2.24) is 14.8 Å². The maximum absolute atomic E-state index is 13.4. The van der Waals surface area contributed by atoms with Crippen LogP contribution in [0.25, 0.3) is 0 Å². The van der Waals surface area contributed by atoms with Crippen molar-refractivity contribution in [3.8, 4) is 0 Å². The van der Waals surface area contributed by atoms with E-state index in [1.165, 1.54) is 12.3 Å². The molecule has 4 nitrogen and oxygen atoms in total. The fraction of sp³-hybridized carbons (Fsp3) is 0.467. The van der Waals surface area contributed by atoms with Gasteiger partial charge in [0.05, 0.1) is 18.4 Å². The number of hydrogen-bond acceptors (Lipinski definition) is 3. The SMILES string of the molecule is C[C@H](n1nccc1N1CCC[C@@H]1c1cncc(F)c1)C(F)(F)F. The molecule has 0 bridgehead atoms. The smallest absolute Gasteiger partial charge is 0.350 e. The molecule has 1 aliphatic rings. The second-order valence-corrected chi connectivity index (χ2v) is 5.64. The molecule has 124 valence electrons. The lowest BCUT2D eigenvalue weighted by molar-refractivity contribution is -0.165. The molecular weight excluding hydrogens is 312 g/mol. The van der Waals surface area contributed by atoms with E-state index in [0.29, 0.717) is 17.9 Å². The largest absolute Gasteiger partial charge is 0.410 e. The number of nitrogens with zero attached hydrogens (tertiary/aromatic N) is 4. The Morgan fingerprint density at radius 1 is 1.30 bits per heavy atom. The van der Waals surface area contributed by atoms with Crippen LogP contribution < -0.4 is 4.90 Å². The number of anilines is 1. The first-order valence-electron chi connectivity index (χ1n) is 7.35. The van der Waals surface area contributed by atoms with E-state index < -0.39 is 18.0 Å². The highest BCUT2D eigenvalue weighted by Gasteiger charge is 2.40. The summed E-state index contributed by atoms with van der Waals surface area (Å²) >= 11 is 0. The van der Waals surface area contributed by atoms with E-state index in [1.807, 2.05) is 4.90 Å². The van der Waals surface area contributed by atoms with Crippen molar-refractivity contribution in [2.75, 3.05) is 11.4 Å². The van der Waals surface area contributed by atoms with Crippen LogP contribution in [0, 0.1) is 5.82 Å². The maximum atomic E-state index is 13.4. The summed E-state index contributed by atoms with van der Waals surface area (Å²) in [5.41, 5.74) is 0.662. The Kier molecular flexibility index (Phi) is 3.99. The zero-order valence-corrected chi connectivity index (χ0v) is 12.5. The van der Waals surface area contributed by atoms with Crippen LogP contribution in [-0.2, 0) is 0 Å². The molecule has 2 atom stereocenters. The van der Waals surface area contributed by atoms with Gasteiger partial charge in [-0.3, -0.25) is 4.98 Å². The number of halogens is 4. The molecule has 1 saturated heterocycles. The average molecular weight is 328 g/mol.